The second-order valence-electron chi connectivity index (χ2n) is 5.68. The van der Waals surface area contributed by atoms with E-state index in [-0.39, 0.29) is 16.3 Å². The van der Waals surface area contributed by atoms with Gasteiger partial charge in [0.05, 0.1) is 12.7 Å². The van der Waals surface area contributed by atoms with Crippen molar-refractivity contribution in [3.63, 3.8) is 0 Å². The smallest absolute Gasteiger partial charge is 0.416 e. The molecule has 148 valence electrons. The third-order valence-electron chi connectivity index (χ3n) is 3.77. The number of sulfonamides is 1. The molecule has 0 spiro atoms. The van der Waals surface area contributed by atoms with Gasteiger partial charge in [0.2, 0.25) is 0 Å². The Morgan fingerprint density at radius 2 is 1.89 bits per heavy atom. The minimum absolute atomic E-state index is 0.0124. The average molecular weight is 413 g/mol. The predicted molar refractivity (Wildman–Crippen MR) is 93.0 cm³/mol. The number of anilines is 1. The van der Waals surface area contributed by atoms with Crippen LogP contribution in [0.1, 0.15) is 5.56 Å². The number of nitrogens with zero attached hydrogens (tertiary/aromatic N) is 4. The number of aromatic nitrogens is 4. The van der Waals surface area contributed by atoms with E-state index in [1.807, 2.05) is 0 Å². The minimum atomic E-state index is -4.60. The Morgan fingerprint density at radius 3 is 2.50 bits per heavy atom. The lowest BCUT2D eigenvalue weighted by atomic mass is 10.2. The molecular formula is C16H14F3N5O3S. The molecule has 0 amide bonds. The Morgan fingerprint density at radius 1 is 1.14 bits per heavy atom. The lowest BCUT2D eigenvalue weighted by Crippen LogP contribution is -2.15. The summed E-state index contributed by atoms with van der Waals surface area (Å²) in [7, 11) is -1.41. The molecule has 0 aliphatic carbocycles. The van der Waals surface area contributed by atoms with Crippen molar-refractivity contribution in [2.75, 3.05) is 11.8 Å². The maximum absolute atomic E-state index is 12.9. The second kappa shape index (κ2) is 7.11. The molecule has 0 bridgehead atoms. The zero-order valence-electron chi connectivity index (χ0n) is 14.6. The number of methoxy groups -OCH3 is 1. The van der Waals surface area contributed by atoms with E-state index in [0.29, 0.717) is 17.5 Å². The van der Waals surface area contributed by atoms with Gasteiger partial charge < -0.3 is 4.74 Å². The fourth-order valence-corrected chi connectivity index (χ4v) is 3.71. The van der Waals surface area contributed by atoms with Crippen LogP contribution in [0.4, 0.5) is 18.9 Å². The third-order valence-corrected chi connectivity index (χ3v) is 5.18. The highest BCUT2D eigenvalue weighted by atomic mass is 32.2. The third kappa shape index (κ3) is 3.91. The van der Waals surface area contributed by atoms with Crippen LogP contribution >= 0.6 is 0 Å². The van der Waals surface area contributed by atoms with Crippen LogP contribution in [0.15, 0.2) is 47.4 Å². The normalized spacial score (nSPS) is 12.0. The van der Waals surface area contributed by atoms with E-state index in [1.54, 1.807) is 13.1 Å². The van der Waals surface area contributed by atoms with Gasteiger partial charge in [0, 0.05) is 18.3 Å². The highest BCUT2D eigenvalue weighted by molar-refractivity contribution is 7.92. The highest BCUT2D eigenvalue weighted by Gasteiger charge is 2.31. The molecule has 1 aromatic heterocycles. The predicted octanol–water partition coefficient (Wildman–Crippen LogP) is 2.71. The van der Waals surface area contributed by atoms with Crippen LogP contribution in [0.25, 0.3) is 11.4 Å². The van der Waals surface area contributed by atoms with Crippen LogP contribution in [-0.4, -0.2) is 35.7 Å². The van der Waals surface area contributed by atoms with Crippen molar-refractivity contribution in [2.24, 2.45) is 7.05 Å². The first-order valence-corrected chi connectivity index (χ1v) is 9.21. The summed E-state index contributed by atoms with van der Waals surface area (Å²) in [6.07, 6.45) is -4.60. The van der Waals surface area contributed by atoms with Gasteiger partial charge >= 0.3 is 6.18 Å². The second-order valence-corrected chi connectivity index (χ2v) is 7.33. The molecule has 3 aromatic rings. The molecule has 0 atom stereocenters. The highest BCUT2D eigenvalue weighted by Crippen LogP contribution is 2.33. The van der Waals surface area contributed by atoms with E-state index in [2.05, 4.69) is 20.2 Å². The summed E-state index contributed by atoms with van der Waals surface area (Å²) in [5, 5.41) is 11.0. The maximum atomic E-state index is 12.9. The lowest BCUT2D eigenvalue weighted by molar-refractivity contribution is -0.137. The number of nitrogens with one attached hydrogen (secondary N) is 1. The van der Waals surface area contributed by atoms with E-state index in [9.17, 15) is 21.6 Å². The molecule has 0 radical (unpaired) electrons. The molecule has 1 N–H and O–H groups in total. The molecule has 0 fully saturated rings. The van der Waals surface area contributed by atoms with E-state index < -0.39 is 21.8 Å². The van der Waals surface area contributed by atoms with Gasteiger partial charge in [-0.2, -0.15) is 13.2 Å². The number of benzene rings is 2. The summed E-state index contributed by atoms with van der Waals surface area (Å²) >= 11 is 0. The molecule has 3 rings (SSSR count). The summed E-state index contributed by atoms with van der Waals surface area (Å²) in [5.74, 6) is 0.316. The van der Waals surface area contributed by atoms with Crippen LogP contribution in [0.2, 0.25) is 0 Å². The van der Waals surface area contributed by atoms with Gasteiger partial charge in [-0.15, -0.1) is 5.10 Å². The van der Waals surface area contributed by atoms with Gasteiger partial charge in [-0.1, -0.05) is 6.07 Å². The van der Waals surface area contributed by atoms with Crippen LogP contribution in [0.3, 0.4) is 0 Å². The summed E-state index contributed by atoms with van der Waals surface area (Å²) in [6.45, 7) is 0. The van der Waals surface area contributed by atoms with Crippen LogP contribution < -0.4 is 9.46 Å². The number of aryl methyl sites for hydroxylation is 1. The fraction of sp³-hybridized carbons (Fsp3) is 0.188. The van der Waals surface area contributed by atoms with Crippen LogP contribution in [0.5, 0.6) is 5.75 Å². The van der Waals surface area contributed by atoms with Crippen molar-refractivity contribution in [2.45, 2.75) is 11.1 Å². The number of ether oxygens (including phenoxy) is 1. The summed E-state index contributed by atoms with van der Waals surface area (Å²) in [4.78, 5) is -0.270. The minimum Gasteiger partial charge on any atom is -0.495 e. The number of halogens is 3. The molecule has 12 heteroatoms. The quantitative estimate of drug-likeness (QED) is 0.691. The fourth-order valence-electron chi connectivity index (χ4n) is 2.47. The van der Waals surface area contributed by atoms with Crippen molar-refractivity contribution < 1.29 is 26.3 Å². The van der Waals surface area contributed by atoms with Crippen LogP contribution in [-0.2, 0) is 23.2 Å². The van der Waals surface area contributed by atoms with Crippen molar-refractivity contribution in [3.8, 4) is 17.1 Å². The summed E-state index contributed by atoms with van der Waals surface area (Å²) < 4.78 is 72.8. The van der Waals surface area contributed by atoms with E-state index in [4.69, 9.17) is 4.74 Å². The number of alkyl halides is 3. The summed E-state index contributed by atoms with van der Waals surface area (Å²) in [5.41, 5.74) is -0.820. The lowest BCUT2D eigenvalue weighted by Gasteiger charge is -2.14. The van der Waals surface area contributed by atoms with Gasteiger partial charge in [-0.25, -0.2) is 13.1 Å². The Kier molecular flexibility index (Phi) is 4.98. The number of hydrogen-bond donors (Lipinski definition) is 1. The van der Waals surface area contributed by atoms with Crippen LogP contribution in [0, 0.1) is 0 Å². The van der Waals surface area contributed by atoms with Crippen molar-refractivity contribution in [3.05, 3.63) is 48.0 Å². The first kappa shape index (κ1) is 19.6. The molecule has 28 heavy (non-hydrogen) atoms. The number of rotatable bonds is 5. The van der Waals surface area contributed by atoms with Gasteiger partial charge in [-0.05, 0) is 46.8 Å². The van der Waals surface area contributed by atoms with Gasteiger partial charge in [0.25, 0.3) is 10.0 Å². The average Bonchev–Trinajstić information content (AvgIpc) is 3.06. The number of hydrogen-bond acceptors (Lipinski definition) is 6. The summed E-state index contributed by atoms with van der Waals surface area (Å²) in [6, 6.07) is 8.13. The zero-order chi connectivity index (χ0) is 20.5. The largest absolute Gasteiger partial charge is 0.495 e. The van der Waals surface area contributed by atoms with Gasteiger partial charge in [-0.3, -0.25) is 4.72 Å². The van der Waals surface area contributed by atoms with E-state index in [1.165, 1.54) is 30.0 Å². The molecule has 0 saturated carbocycles. The van der Waals surface area contributed by atoms with Crippen molar-refractivity contribution in [1.29, 1.82) is 0 Å². The molecule has 0 aliphatic rings. The SMILES string of the molecule is COc1ccc(-c2nnnn2C)cc1S(=O)(=O)Nc1cccc(C(F)(F)F)c1. The standard InChI is InChI=1S/C16H14F3N5O3S/c1-24-15(20-22-23-24)10-6-7-13(27-2)14(8-10)28(25,26)21-12-5-3-4-11(9-12)16(17,18)19/h3-9,21H,1-2H3. The molecule has 8 nitrogen and oxygen atoms in total. The van der Waals surface area contributed by atoms with Gasteiger partial charge in [0.1, 0.15) is 10.6 Å². The molecule has 0 aliphatic heterocycles. The van der Waals surface area contributed by atoms with E-state index in [0.717, 1.165) is 12.1 Å². The monoisotopic (exact) mass is 413 g/mol. The first-order chi connectivity index (χ1) is 13.1. The van der Waals surface area contributed by atoms with Crippen molar-refractivity contribution >= 4 is 15.7 Å². The van der Waals surface area contributed by atoms with E-state index >= 15 is 0 Å². The molecule has 0 unspecified atom stereocenters. The maximum Gasteiger partial charge on any atom is 0.416 e. The Balaban J connectivity index is 2.03. The Bertz CT molecular complexity index is 1110. The topological polar surface area (TPSA) is 99.0 Å². The van der Waals surface area contributed by atoms with Crippen molar-refractivity contribution in [1.82, 2.24) is 20.2 Å². The number of tetrazole rings is 1. The first-order valence-electron chi connectivity index (χ1n) is 7.72. The molecular weight excluding hydrogens is 399 g/mol. The molecule has 0 saturated heterocycles. The van der Waals surface area contributed by atoms with Gasteiger partial charge in [0.15, 0.2) is 5.82 Å². The molecule has 2 aromatic carbocycles. The Labute approximate surface area is 158 Å². The Hall–Kier alpha value is -3.15. The zero-order valence-corrected chi connectivity index (χ0v) is 15.4. The molecule has 1 heterocycles.